The molecule has 1 unspecified atom stereocenters. The minimum Gasteiger partial charge on any atom is -0.364 e. The first kappa shape index (κ1) is 23.1. The molecule has 3 heterocycles. The van der Waals surface area contributed by atoms with E-state index in [2.05, 4.69) is 15.4 Å². The molecule has 0 radical (unpaired) electrons. The third kappa shape index (κ3) is 4.81. The number of fused-ring (bicyclic) bond motifs is 1. The third-order valence-corrected chi connectivity index (χ3v) is 7.29. The zero-order valence-corrected chi connectivity index (χ0v) is 19.8. The summed E-state index contributed by atoms with van der Waals surface area (Å²) in [5.74, 6) is -0.595. The molecular formula is C23H28N6O3S. The number of hydrogen-bond acceptors (Lipinski definition) is 5. The predicted molar refractivity (Wildman–Crippen MR) is 128 cm³/mol. The molecule has 10 heteroatoms. The molecule has 3 N–H and O–H groups in total. The molecule has 0 aliphatic carbocycles. The highest BCUT2D eigenvalue weighted by Crippen LogP contribution is 2.26. The van der Waals surface area contributed by atoms with Gasteiger partial charge in [0.15, 0.2) is 0 Å². The van der Waals surface area contributed by atoms with E-state index in [4.69, 9.17) is 5.73 Å². The van der Waals surface area contributed by atoms with Crippen molar-refractivity contribution >= 4 is 39.4 Å². The Bertz CT molecular complexity index is 1250. The van der Waals surface area contributed by atoms with Crippen molar-refractivity contribution in [1.29, 1.82) is 0 Å². The average Bonchev–Trinajstić information content (AvgIpc) is 3.05. The minimum atomic E-state index is -0.927. The normalized spacial score (nSPS) is 16.1. The van der Waals surface area contributed by atoms with Crippen molar-refractivity contribution in [3.8, 4) is 0 Å². The Morgan fingerprint density at radius 1 is 1.21 bits per heavy atom. The molecule has 1 atom stereocenters. The largest absolute Gasteiger partial charge is 0.364 e. The van der Waals surface area contributed by atoms with Crippen LogP contribution in [-0.2, 0) is 17.5 Å². The van der Waals surface area contributed by atoms with Crippen molar-refractivity contribution in [2.75, 3.05) is 24.7 Å². The Hall–Kier alpha value is -3.11. The van der Waals surface area contributed by atoms with E-state index in [0.717, 1.165) is 43.9 Å². The predicted octanol–water partition coefficient (Wildman–Crippen LogP) is 2.40. The van der Waals surface area contributed by atoms with Crippen molar-refractivity contribution in [1.82, 2.24) is 19.1 Å². The molecular weight excluding hydrogens is 440 g/mol. The number of carbonyl (C=O) groups excluding carboxylic acids is 2. The first-order chi connectivity index (χ1) is 15.7. The molecule has 0 saturated carbocycles. The fourth-order valence-electron chi connectivity index (χ4n) is 4.32. The monoisotopic (exact) mass is 468 g/mol. The summed E-state index contributed by atoms with van der Waals surface area (Å²) in [4.78, 5) is 29.2. The molecule has 2 amide bonds. The van der Waals surface area contributed by atoms with Crippen LogP contribution in [0, 0.1) is 19.8 Å². The second-order valence-electron chi connectivity index (χ2n) is 8.41. The highest BCUT2D eigenvalue weighted by atomic mass is 32.2. The van der Waals surface area contributed by atoms with Gasteiger partial charge in [-0.1, -0.05) is 18.2 Å². The van der Waals surface area contributed by atoms with Gasteiger partial charge in [-0.15, -0.1) is 0 Å². The zero-order valence-electron chi connectivity index (χ0n) is 19.0. The fourth-order valence-corrected chi connectivity index (χ4v) is 5.04. The van der Waals surface area contributed by atoms with Crippen LogP contribution in [0.4, 0.5) is 5.69 Å². The molecule has 174 valence electrons. The molecule has 1 aliphatic heterocycles. The zero-order chi connectivity index (χ0) is 23.7. The van der Waals surface area contributed by atoms with Gasteiger partial charge in [0, 0.05) is 31.3 Å². The Kier molecular flexibility index (Phi) is 6.57. The summed E-state index contributed by atoms with van der Waals surface area (Å²) in [6.45, 7) is 6.17. The van der Waals surface area contributed by atoms with Gasteiger partial charge >= 0.3 is 0 Å². The molecule has 2 aromatic heterocycles. The van der Waals surface area contributed by atoms with Crippen LogP contribution >= 0.6 is 0 Å². The number of anilines is 1. The second kappa shape index (κ2) is 9.40. The summed E-state index contributed by atoms with van der Waals surface area (Å²) in [5.41, 5.74) is 8.59. The number of aryl methyl sites for hydroxylation is 1. The lowest BCUT2D eigenvalue weighted by molar-refractivity contribution is 0.0996. The quantitative estimate of drug-likeness (QED) is 0.575. The van der Waals surface area contributed by atoms with E-state index in [1.54, 1.807) is 24.5 Å². The molecule has 1 saturated heterocycles. The lowest BCUT2D eigenvalue weighted by atomic mass is 9.98. The summed E-state index contributed by atoms with van der Waals surface area (Å²) in [7, 11) is -0.927. The van der Waals surface area contributed by atoms with Gasteiger partial charge < -0.3 is 11.1 Å². The smallest absolute Gasteiger partial charge is 0.267 e. The van der Waals surface area contributed by atoms with Crippen molar-refractivity contribution in [3.05, 3.63) is 53.0 Å². The van der Waals surface area contributed by atoms with E-state index in [0.29, 0.717) is 28.1 Å². The van der Waals surface area contributed by atoms with Gasteiger partial charge in [-0.2, -0.15) is 5.10 Å². The fraction of sp³-hybridized carbons (Fsp3) is 0.391. The summed E-state index contributed by atoms with van der Waals surface area (Å²) >= 11 is 0. The van der Waals surface area contributed by atoms with Crippen LogP contribution in [0.5, 0.6) is 0 Å². The standard InChI is InChI=1S/C23H28N6O3S/c1-14-21(15(2)29(27-14)13-16-8-10-28(11-9-16)33(3)32)26-23(31)18-12-20(22(24)30)25-19-7-5-4-6-17(18)19/h4-7,12,16H,8-11,13H2,1-3H3,(H2,24,30)(H,26,31). The Labute approximate surface area is 194 Å². The third-order valence-electron chi connectivity index (χ3n) is 6.20. The van der Waals surface area contributed by atoms with E-state index in [1.165, 1.54) is 6.07 Å². The number of para-hydroxylation sites is 1. The highest BCUT2D eigenvalue weighted by Gasteiger charge is 2.24. The van der Waals surface area contributed by atoms with Crippen molar-refractivity contribution in [3.63, 3.8) is 0 Å². The average molecular weight is 469 g/mol. The molecule has 1 aliphatic rings. The number of pyridine rings is 1. The number of primary amides is 1. The van der Waals surface area contributed by atoms with E-state index in [-0.39, 0.29) is 11.6 Å². The number of amides is 2. The number of hydrogen-bond donors (Lipinski definition) is 2. The highest BCUT2D eigenvalue weighted by molar-refractivity contribution is 7.81. The van der Waals surface area contributed by atoms with Crippen LogP contribution in [0.1, 0.15) is 45.1 Å². The van der Waals surface area contributed by atoms with Gasteiger partial charge in [-0.25, -0.2) is 13.5 Å². The number of benzene rings is 1. The maximum absolute atomic E-state index is 13.2. The van der Waals surface area contributed by atoms with Crippen LogP contribution in [0.2, 0.25) is 0 Å². The molecule has 1 aromatic carbocycles. The lowest BCUT2D eigenvalue weighted by Gasteiger charge is -2.30. The van der Waals surface area contributed by atoms with Crippen LogP contribution in [0.15, 0.2) is 30.3 Å². The minimum absolute atomic E-state index is 0.0438. The van der Waals surface area contributed by atoms with Crippen LogP contribution in [-0.4, -0.2) is 54.4 Å². The van der Waals surface area contributed by atoms with Crippen LogP contribution in [0.3, 0.4) is 0 Å². The SMILES string of the molecule is Cc1nn(CC2CCN(S(C)=O)CC2)c(C)c1NC(=O)c1cc(C(N)=O)nc2ccccc12. The van der Waals surface area contributed by atoms with E-state index in [9.17, 15) is 13.8 Å². The van der Waals surface area contributed by atoms with Gasteiger partial charge in [-0.3, -0.25) is 14.3 Å². The Morgan fingerprint density at radius 3 is 2.58 bits per heavy atom. The van der Waals surface area contributed by atoms with Gasteiger partial charge in [0.05, 0.1) is 39.1 Å². The van der Waals surface area contributed by atoms with Crippen LogP contribution < -0.4 is 11.1 Å². The topological polar surface area (TPSA) is 123 Å². The second-order valence-corrected chi connectivity index (χ2v) is 9.78. The molecule has 0 spiro atoms. The van der Waals surface area contributed by atoms with Crippen molar-refractivity contribution in [2.24, 2.45) is 11.7 Å². The van der Waals surface area contributed by atoms with Crippen molar-refractivity contribution < 1.29 is 13.8 Å². The van der Waals surface area contributed by atoms with E-state index in [1.807, 2.05) is 28.9 Å². The summed E-state index contributed by atoms with van der Waals surface area (Å²) < 4.78 is 15.6. The molecule has 1 fully saturated rings. The first-order valence-electron chi connectivity index (χ1n) is 10.9. The summed E-state index contributed by atoms with van der Waals surface area (Å²) in [6, 6.07) is 8.58. The number of nitrogens with one attached hydrogen (secondary N) is 1. The number of aromatic nitrogens is 3. The van der Waals surface area contributed by atoms with Gasteiger partial charge in [-0.05, 0) is 44.7 Å². The maximum atomic E-state index is 13.2. The molecule has 4 rings (SSSR count). The lowest BCUT2D eigenvalue weighted by Crippen LogP contribution is -2.36. The Morgan fingerprint density at radius 2 is 1.91 bits per heavy atom. The number of nitrogens with zero attached hydrogens (tertiary/aromatic N) is 4. The number of rotatable bonds is 6. The molecule has 0 bridgehead atoms. The summed E-state index contributed by atoms with van der Waals surface area (Å²) in [5, 5.41) is 8.28. The Balaban J connectivity index is 1.56. The maximum Gasteiger partial charge on any atom is 0.267 e. The summed E-state index contributed by atoms with van der Waals surface area (Å²) in [6.07, 6.45) is 3.63. The van der Waals surface area contributed by atoms with Gasteiger partial charge in [0.2, 0.25) is 0 Å². The number of piperidine rings is 1. The van der Waals surface area contributed by atoms with Crippen LogP contribution in [0.25, 0.3) is 10.9 Å². The number of nitrogens with two attached hydrogens (primary N) is 1. The van der Waals surface area contributed by atoms with Crippen molar-refractivity contribution in [2.45, 2.75) is 33.2 Å². The molecule has 9 nitrogen and oxygen atoms in total. The first-order valence-corrected chi connectivity index (χ1v) is 12.4. The number of carbonyl (C=O) groups is 2. The van der Waals surface area contributed by atoms with Gasteiger partial charge in [0.1, 0.15) is 5.69 Å². The van der Waals surface area contributed by atoms with Gasteiger partial charge in [0.25, 0.3) is 11.8 Å². The molecule has 33 heavy (non-hydrogen) atoms. The van der Waals surface area contributed by atoms with E-state index >= 15 is 0 Å². The van der Waals surface area contributed by atoms with E-state index < -0.39 is 16.9 Å². The molecule has 3 aromatic rings.